The third-order valence-electron chi connectivity index (χ3n) is 2.38. The molecule has 1 unspecified atom stereocenters. The van der Waals surface area contributed by atoms with Gasteiger partial charge in [-0.1, -0.05) is 0 Å². The van der Waals surface area contributed by atoms with E-state index in [4.69, 9.17) is 10.5 Å². The van der Waals surface area contributed by atoms with Gasteiger partial charge in [-0.15, -0.1) is 0 Å². The Labute approximate surface area is 66.6 Å². The van der Waals surface area contributed by atoms with Crippen LogP contribution in [0.15, 0.2) is 4.99 Å². The highest BCUT2D eigenvalue weighted by Crippen LogP contribution is 2.20. The van der Waals surface area contributed by atoms with Crippen LogP contribution in [0.5, 0.6) is 0 Å². The van der Waals surface area contributed by atoms with Crippen molar-refractivity contribution in [2.45, 2.75) is 31.4 Å². The second-order valence-electron chi connectivity index (χ2n) is 3.27. The molecule has 0 aromatic rings. The van der Waals surface area contributed by atoms with Gasteiger partial charge in [0.2, 0.25) is 0 Å². The zero-order valence-electron chi connectivity index (χ0n) is 6.62. The summed E-state index contributed by atoms with van der Waals surface area (Å²) in [7, 11) is 0. The smallest absolute Gasteiger partial charge is 0.0967 e. The Bertz CT molecular complexity index is 179. The van der Waals surface area contributed by atoms with E-state index in [-0.39, 0.29) is 6.10 Å². The third kappa shape index (κ3) is 1.44. The first-order chi connectivity index (χ1) is 5.36. The van der Waals surface area contributed by atoms with Gasteiger partial charge in [0, 0.05) is 11.8 Å². The van der Waals surface area contributed by atoms with E-state index >= 15 is 0 Å². The molecule has 11 heavy (non-hydrogen) atoms. The minimum absolute atomic E-state index is 0.257. The van der Waals surface area contributed by atoms with Crippen LogP contribution in [0.1, 0.15) is 19.3 Å². The number of hydrogen-bond donors (Lipinski definition) is 1. The summed E-state index contributed by atoms with van der Waals surface area (Å²) in [4.78, 5) is 4.42. The number of nitrogens with zero attached hydrogens (tertiary/aromatic N) is 1. The van der Waals surface area contributed by atoms with Gasteiger partial charge >= 0.3 is 0 Å². The van der Waals surface area contributed by atoms with Crippen molar-refractivity contribution in [2.75, 3.05) is 13.2 Å². The maximum Gasteiger partial charge on any atom is 0.0967 e. The summed E-state index contributed by atoms with van der Waals surface area (Å²) in [5.41, 5.74) is 7.05. The van der Waals surface area contributed by atoms with Gasteiger partial charge in [-0.3, -0.25) is 4.99 Å². The molecule has 62 valence electrons. The van der Waals surface area contributed by atoms with Crippen LogP contribution in [0.3, 0.4) is 0 Å². The van der Waals surface area contributed by atoms with Gasteiger partial charge in [0.15, 0.2) is 0 Å². The topological polar surface area (TPSA) is 47.6 Å². The molecule has 3 heteroatoms. The largest absolute Gasteiger partial charge is 0.370 e. The zero-order valence-corrected chi connectivity index (χ0v) is 6.62. The standard InChI is InChI=1S/C8H14N2O/c9-6-1-2-7-8(5-6)11-4-3-10-7/h6,8H,1-5,9H2/t6-,8?/m0/s1. The zero-order chi connectivity index (χ0) is 7.68. The lowest BCUT2D eigenvalue weighted by molar-refractivity contribution is 0.0764. The Morgan fingerprint density at radius 1 is 1.55 bits per heavy atom. The average Bonchev–Trinajstić information content (AvgIpc) is 2.04. The van der Waals surface area contributed by atoms with Gasteiger partial charge in [-0.2, -0.15) is 0 Å². The lowest BCUT2D eigenvalue weighted by Gasteiger charge is -2.31. The van der Waals surface area contributed by atoms with Gasteiger partial charge in [0.1, 0.15) is 0 Å². The number of fused-ring (bicyclic) bond motifs is 1. The second-order valence-corrected chi connectivity index (χ2v) is 3.27. The highest BCUT2D eigenvalue weighted by Gasteiger charge is 2.27. The maximum absolute atomic E-state index is 5.81. The Morgan fingerprint density at radius 2 is 2.45 bits per heavy atom. The Kier molecular flexibility index (Phi) is 1.92. The van der Waals surface area contributed by atoms with Crippen LogP contribution in [-0.2, 0) is 4.74 Å². The van der Waals surface area contributed by atoms with Gasteiger partial charge in [0.05, 0.1) is 19.3 Å². The molecule has 1 heterocycles. The summed E-state index contributed by atoms with van der Waals surface area (Å²) in [5.74, 6) is 0. The first-order valence-corrected chi connectivity index (χ1v) is 4.26. The quantitative estimate of drug-likeness (QED) is 0.547. The molecule has 3 nitrogen and oxygen atoms in total. The maximum atomic E-state index is 5.81. The van der Waals surface area contributed by atoms with Crippen molar-refractivity contribution in [3.63, 3.8) is 0 Å². The molecule has 2 aliphatic rings. The third-order valence-corrected chi connectivity index (χ3v) is 2.38. The molecule has 0 radical (unpaired) electrons. The molecule has 1 aliphatic heterocycles. The van der Waals surface area contributed by atoms with Crippen LogP contribution in [0.25, 0.3) is 0 Å². The SMILES string of the molecule is N[C@H]1CCC2=NCCOC2C1. The molecule has 0 saturated heterocycles. The summed E-state index contributed by atoms with van der Waals surface area (Å²) in [5, 5.41) is 0. The van der Waals surface area contributed by atoms with E-state index in [0.29, 0.717) is 6.04 Å². The van der Waals surface area contributed by atoms with Crippen molar-refractivity contribution in [3.05, 3.63) is 0 Å². The molecule has 0 bridgehead atoms. The molecule has 1 fully saturated rings. The summed E-state index contributed by atoms with van der Waals surface area (Å²) in [6, 6.07) is 0.331. The van der Waals surface area contributed by atoms with E-state index in [1.165, 1.54) is 5.71 Å². The number of hydrogen-bond acceptors (Lipinski definition) is 3. The highest BCUT2D eigenvalue weighted by molar-refractivity contribution is 5.90. The summed E-state index contributed by atoms with van der Waals surface area (Å²) < 4.78 is 5.54. The molecule has 0 aromatic heterocycles. The molecular weight excluding hydrogens is 140 g/mol. The van der Waals surface area contributed by atoms with E-state index < -0.39 is 0 Å². The molecule has 1 aliphatic carbocycles. The summed E-state index contributed by atoms with van der Waals surface area (Å²) in [6.07, 6.45) is 3.36. The van der Waals surface area contributed by atoms with E-state index in [0.717, 1.165) is 32.4 Å². The number of rotatable bonds is 0. The molecule has 2 atom stereocenters. The first kappa shape index (κ1) is 7.25. The van der Waals surface area contributed by atoms with Crippen molar-refractivity contribution >= 4 is 5.71 Å². The van der Waals surface area contributed by atoms with Gasteiger partial charge in [0.25, 0.3) is 0 Å². The van der Waals surface area contributed by atoms with Crippen LogP contribution >= 0.6 is 0 Å². The summed E-state index contributed by atoms with van der Waals surface area (Å²) in [6.45, 7) is 1.63. The van der Waals surface area contributed by atoms with Gasteiger partial charge in [-0.25, -0.2) is 0 Å². The van der Waals surface area contributed by atoms with Crippen LogP contribution in [-0.4, -0.2) is 31.0 Å². The Balaban J connectivity index is 2.06. The average molecular weight is 154 g/mol. The van der Waals surface area contributed by atoms with Crippen molar-refractivity contribution in [1.29, 1.82) is 0 Å². The van der Waals surface area contributed by atoms with E-state index in [9.17, 15) is 0 Å². The molecule has 1 saturated carbocycles. The lowest BCUT2D eigenvalue weighted by Crippen LogP contribution is -2.41. The minimum atomic E-state index is 0.257. The van der Waals surface area contributed by atoms with E-state index in [1.54, 1.807) is 0 Å². The predicted octanol–water partition coefficient (Wildman–Crippen LogP) is 0.337. The summed E-state index contributed by atoms with van der Waals surface area (Å²) >= 11 is 0. The van der Waals surface area contributed by atoms with Crippen LogP contribution in [0, 0.1) is 0 Å². The van der Waals surface area contributed by atoms with Gasteiger partial charge in [-0.05, 0) is 19.3 Å². The number of aliphatic imine (C=N–C) groups is 1. The molecule has 0 aromatic carbocycles. The van der Waals surface area contributed by atoms with Crippen molar-refractivity contribution in [1.82, 2.24) is 0 Å². The second kappa shape index (κ2) is 2.91. The van der Waals surface area contributed by atoms with Crippen LogP contribution < -0.4 is 5.73 Å². The fourth-order valence-corrected chi connectivity index (χ4v) is 1.75. The van der Waals surface area contributed by atoms with Crippen molar-refractivity contribution in [2.24, 2.45) is 10.7 Å². The predicted molar refractivity (Wildman–Crippen MR) is 43.9 cm³/mol. The highest BCUT2D eigenvalue weighted by atomic mass is 16.5. The van der Waals surface area contributed by atoms with Crippen molar-refractivity contribution < 1.29 is 4.74 Å². The molecule has 0 spiro atoms. The Morgan fingerprint density at radius 3 is 3.36 bits per heavy atom. The van der Waals surface area contributed by atoms with E-state index in [2.05, 4.69) is 4.99 Å². The van der Waals surface area contributed by atoms with E-state index in [1.807, 2.05) is 0 Å². The van der Waals surface area contributed by atoms with Crippen molar-refractivity contribution in [3.8, 4) is 0 Å². The molecule has 2 rings (SSSR count). The lowest BCUT2D eigenvalue weighted by atomic mass is 9.91. The molecule has 2 N–H and O–H groups in total. The minimum Gasteiger partial charge on any atom is -0.370 e. The molecule has 0 amide bonds. The van der Waals surface area contributed by atoms with Crippen LogP contribution in [0.2, 0.25) is 0 Å². The normalized spacial score (nSPS) is 37.7. The number of ether oxygens (including phenoxy) is 1. The fraction of sp³-hybridized carbons (Fsp3) is 0.875. The first-order valence-electron chi connectivity index (χ1n) is 4.26. The monoisotopic (exact) mass is 154 g/mol. The Hall–Kier alpha value is -0.410. The van der Waals surface area contributed by atoms with Gasteiger partial charge < -0.3 is 10.5 Å². The fourth-order valence-electron chi connectivity index (χ4n) is 1.75. The van der Waals surface area contributed by atoms with Crippen LogP contribution in [0.4, 0.5) is 0 Å². The molecular formula is C8H14N2O. The number of nitrogens with two attached hydrogens (primary N) is 1.